The SMILES string of the molecule is CC(=O)Nc1ccc(Nc2cncc(C(=O)Nc3ccc(Cl)cc3C)c2)cc1. The zero-order valence-electron chi connectivity index (χ0n) is 15.4. The molecule has 28 heavy (non-hydrogen) atoms. The van der Waals surface area contributed by atoms with E-state index < -0.39 is 0 Å². The molecular formula is C21H19ClN4O2. The second kappa shape index (κ2) is 8.54. The minimum Gasteiger partial charge on any atom is -0.354 e. The number of hydrogen-bond donors (Lipinski definition) is 3. The smallest absolute Gasteiger partial charge is 0.257 e. The fourth-order valence-electron chi connectivity index (χ4n) is 2.60. The molecule has 0 fully saturated rings. The summed E-state index contributed by atoms with van der Waals surface area (Å²) in [7, 11) is 0. The number of hydrogen-bond acceptors (Lipinski definition) is 4. The van der Waals surface area contributed by atoms with Crippen LogP contribution in [0, 0.1) is 6.92 Å². The number of rotatable bonds is 5. The molecule has 1 heterocycles. The number of amides is 2. The predicted octanol–water partition coefficient (Wildman–Crippen LogP) is 5.00. The van der Waals surface area contributed by atoms with Crippen molar-refractivity contribution in [3.05, 3.63) is 77.1 Å². The van der Waals surface area contributed by atoms with Gasteiger partial charge < -0.3 is 16.0 Å². The molecule has 1 aromatic heterocycles. The summed E-state index contributed by atoms with van der Waals surface area (Å²) in [6.07, 6.45) is 3.14. The first-order chi connectivity index (χ1) is 13.4. The van der Waals surface area contributed by atoms with E-state index in [0.717, 1.165) is 11.3 Å². The monoisotopic (exact) mass is 394 g/mol. The highest BCUT2D eigenvalue weighted by atomic mass is 35.5. The Balaban J connectivity index is 1.71. The van der Waals surface area contributed by atoms with Crippen molar-refractivity contribution in [3.63, 3.8) is 0 Å². The van der Waals surface area contributed by atoms with Crippen molar-refractivity contribution in [2.75, 3.05) is 16.0 Å². The Morgan fingerprint density at radius 3 is 2.29 bits per heavy atom. The molecular weight excluding hydrogens is 376 g/mol. The molecule has 3 N–H and O–H groups in total. The third kappa shape index (κ3) is 5.08. The molecule has 0 saturated carbocycles. The van der Waals surface area contributed by atoms with Gasteiger partial charge in [0.05, 0.1) is 17.4 Å². The van der Waals surface area contributed by atoms with Gasteiger partial charge in [0.1, 0.15) is 0 Å². The lowest BCUT2D eigenvalue weighted by molar-refractivity contribution is -0.114. The topological polar surface area (TPSA) is 83.1 Å². The van der Waals surface area contributed by atoms with Crippen LogP contribution in [0.1, 0.15) is 22.8 Å². The van der Waals surface area contributed by atoms with E-state index >= 15 is 0 Å². The van der Waals surface area contributed by atoms with Crippen LogP contribution >= 0.6 is 11.6 Å². The van der Waals surface area contributed by atoms with E-state index in [1.54, 1.807) is 42.6 Å². The number of halogens is 1. The number of nitrogens with zero attached hydrogens (tertiary/aromatic N) is 1. The second-order valence-electron chi connectivity index (χ2n) is 6.26. The van der Waals surface area contributed by atoms with E-state index in [-0.39, 0.29) is 11.8 Å². The van der Waals surface area contributed by atoms with Crippen LogP contribution in [0.25, 0.3) is 0 Å². The Labute approximate surface area is 168 Å². The lowest BCUT2D eigenvalue weighted by atomic mass is 10.2. The van der Waals surface area contributed by atoms with Gasteiger partial charge in [0.15, 0.2) is 0 Å². The molecule has 142 valence electrons. The molecule has 0 aliphatic carbocycles. The third-order valence-electron chi connectivity index (χ3n) is 3.93. The Morgan fingerprint density at radius 2 is 1.61 bits per heavy atom. The summed E-state index contributed by atoms with van der Waals surface area (Å²) in [4.78, 5) is 27.8. The maximum Gasteiger partial charge on any atom is 0.257 e. The van der Waals surface area contributed by atoms with E-state index in [0.29, 0.717) is 27.6 Å². The van der Waals surface area contributed by atoms with Crippen LogP contribution in [0.2, 0.25) is 5.02 Å². The van der Waals surface area contributed by atoms with Crippen molar-refractivity contribution in [2.24, 2.45) is 0 Å². The average molecular weight is 395 g/mol. The highest BCUT2D eigenvalue weighted by Crippen LogP contribution is 2.22. The first-order valence-corrected chi connectivity index (χ1v) is 8.96. The molecule has 0 radical (unpaired) electrons. The van der Waals surface area contributed by atoms with E-state index in [1.807, 2.05) is 19.1 Å². The lowest BCUT2D eigenvalue weighted by Gasteiger charge is -2.11. The van der Waals surface area contributed by atoms with Crippen molar-refractivity contribution in [2.45, 2.75) is 13.8 Å². The zero-order chi connectivity index (χ0) is 20.1. The van der Waals surface area contributed by atoms with Gasteiger partial charge in [0.25, 0.3) is 5.91 Å². The highest BCUT2D eigenvalue weighted by Gasteiger charge is 2.10. The molecule has 3 rings (SSSR count). The molecule has 2 amide bonds. The minimum atomic E-state index is -0.262. The molecule has 2 aromatic carbocycles. The van der Waals surface area contributed by atoms with Crippen LogP contribution in [0.3, 0.4) is 0 Å². The van der Waals surface area contributed by atoms with Gasteiger partial charge in [0.2, 0.25) is 5.91 Å². The summed E-state index contributed by atoms with van der Waals surface area (Å²) in [6.45, 7) is 3.34. The van der Waals surface area contributed by atoms with Crippen molar-refractivity contribution >= 4 is 46.2 Å². The van der Waals surface area contributed by atoms with Gasteiger partial charge in [-0.25, -0.2) is 0 Å². The van der Waals surface area contributed by atoms with Crippen LogP contribution in [0.15, 0.2) is 60.9 Å². The molecule has 0 saturated heterocycles. The molecule has 0 atom stereocenters. The van der Waals surface area contributed by atoms with E-state index in [9.17, 15) is 9.59 Å². The van der Waals surface area contributed by atoms with Gasteiger partial charge in [-0.1, -0.05) is 11.6 Å². The second-order valence-corrected chi connectivity index (χ2v) is 6.70. The van der Waals surface area contributed by atoms with Crippen LogP contribution in [0.5, 0.6) is 0 Å². The van der Waals surface area contributed by atoms with Gasteiger partial charge >= 0.3 is 0 Å². The summed E-state index contributed by atoms with van der Waals surface area (Å²) >= 11 is 5.95. The van der Waals surface area contributed by atoms with Crippen molar-refractivity contribution < 1.29 is 9.59 Å². The maximum atomic E-state index is 12.6. The van der Waals surface area contributed by atoms with Crippen molar-refractivity contribution in [1.29, 1.82) is 0 Å². The number of pyridine rings is 1. The molecule has 0 bridgehead atoms. The first kappa shape index (κ1) is 19.4. The maximum absolute atomic E-state index is 12.6. The van der Waals surface area contributed by atoms with Crippen molar-refractivity contribution in [3.8, 4) is 0 Å². The number of aryl methyl sites for hydroxylation is 1. The van der Waals surface area contributed by atoms with Crippen LogP contribution in [0.4, 0.5) is 22.7 Å². The Bertz CT molecular complexity index is 1020. The molecule has 0 spiro atoms. The highest BCUT2D eigenvalue weighted by molar-refractivity contribution is 6.30. The van der Waals surface area contributed by atoms with Gasteiger partial charge in [-0.2, -0.15) is 0 Å². The van der Waals surface area contributed by atoms with Gasteiger partial charge in [-0.15, -0.1) is 0 Å². The summed E-state index contributed by atoms with van der Waals surface area (Å²) in [6, 6.07) is 14.2. The molecule has 0 unspecified atom stereocenters. The van der Waals surface area contributed by atoms with E-state index in [4.69, 9.17) is 11.6 Å². The number of carbonyl (C=O) groups excluding carboxylic acids is 2. The third-order valence-corrected chi connectivity index (χ3v) is 4.17. The molecule has 3 aromatic rings. The molecule has 6 nitrogen and oxygen atoms in total. The number of carbonyl (C=O) groups is 2. The van der Waals surface area contributed by atoms with Gasteiger partial charge in [0, 0.05) is 35.2 Å². The summed E-state index contributed by atoms with van der Waals surface area (Å²) < 4.78 is 0. The summed E-state index contributed by atoms with van der Waals surface area (Å²) in [5.74, 6) is -0.387. The van der Waals surface area contributed by atoms with E-state index in [1.165, 1.54) is 13.1 Å². The fourth-order valence-corrected chi connectivity index (χ4v) is 2.83. The summed E-state index contributed by atoms with van der Waals surface area (Å²) in [5.41, 5.74) is 4.19. The quantitative estimate of drug-likeness (QED) is 0.568. The van der Waals surface area contributed by atoms with Crippen LogP contribution in [-0.2, 0) is 4.79 Å². The Hall–Kier alpha value is -3.38. The lowest BCUT2D eigenvalue weighted by Crippen LogP contribution is -2.13. The Kier molecular flexibility index (Phi) is 5.91. The number of anilines is 4. The number of aromatic nitrogens is 1. The largest absolute Gasteiger partial charge is 0.354 e. The first-order valence-electron chi connectivity index (χ1n) is 8.58. The van der Waals surface area contributed by atoms with E-state index in [2.05, 4.69) is 20.9 Å². The Morgan fingerprint density at radius 1 is 0.893 bits per heavy atom. The molecule has 7 heteroatoms. The molecule has 0 aliphatic heterocycles. The van der Waals surface area contributed by atoms with Gasteiger partial charge in [-0.3, -0.25) is 14.6 Å². The number of benzene rings is 2. The standard InChI is InChI=1S/C21H19ClN4O2/c1-13-9-16(22)3-8-20(13)26-21(28)15-10-19(12-23-11-15)25-18-6-4-17(5-7-18)24-14(2)27/h3-12,25H,1-2H3,(H,24,27)(H,26,28). The fraction of sp³-hybridized carbons (Fsp3) is 0.0952. The van der Waals surface area contributed by atoms with Gasteiger partial charge in [-0.05, 0) is 61.0 Å². The zero-order valence-corrected chi connectivity index (χ0v) is 16.2. The summed E-state index contributed by atoms with van der Waals surface area (Å²) in [5, 5.41) is 9.38. The normalized spacial score (nSPS) is 10.2. The number of nitrogens with one attached hydrogen (secondary N) is 3. The minimum absolute atomic E-state index is 0.125. The van der Waals surface area contributed by atoms with Crippen LogP contribution in [-0.4, -0.2) is 16.8 Å². The molecule has 0 aliphatic rings. The average Bonchev–Trinajstić information content (AvgIpc) is 2.65. The van der Waals surface area contributed by atoms with Crippen LogP contribution < -0.4 is 16.0 Å². The van der Waals surface area contributed by atoms with Crippen molar-refractivity contribution in [1.82, 2.24) is 4.98 Å². The predicted molar refractivity (Wildman–Crippen MR) is 112 cm³/mol.